The number of carbonyl (C=O) groups is 2. The van der Waals surface area contributed by atoms with Crippen LogP contribution in [0.2, 0.25) is 0 Å². The zero-order valence-corrected chi connectivity index (χ0v) is 22.8. The van der Waals surface area contributed by atoms with Crippen molar-refractivity contribution in [2.75, 3.05) is 0 Å². The van der Waals surface area contributed by atoms with E-state index in [4.69, 9.17) is 4.74 Å². The number of hydrogen-bond donors (Lipinski definition) is 1. The molecule has 1 N–H and O–H groups in total. The van der Waals surface area contributed by atoms with E-state index in [1.807, 2.05) is 11.4 Å². The summed E-state index contributed by atoms with van der Waals surface area (Å²) in [6.07, 6.45) is 21.8. The van der Waals surface area contributed by atoms with E-state index >= 15 is 0 Å². The van der Waals surface area contributed by atoms with Gasteiger partial charge in [-0.3, -0.25) is 4.79 Å². The van der Waals surface area contributed by atoms with Gasteiger partial charge < -0.3 is 4.74 Å². The average Bonchev–Trinajstić information content (AvgIpc) is 3.43. The average molecular weight is 513 g/mol. The lowest BCUT2D eigenvalue weighted by Crippen LogP contribution is -2.16. The first-order chi connectivity index (χ1) is 17.7. The van der Waals surface area contributed by atoms with Gasteiger partial charge >= 0.3 is 5.97 Å². The molecule has 1 aromatic heterocycles. The van der Waals surface area contributed by atoms with Gasteiger partial charge in [-0.2, -0.15) is 5.10 Å². The summed E-state index contributed by atoms with van der Waals surface area (Å²) in [5.74, 6) is 0.0580. The zero-order chi connectivity index (χ0) is 25.7. The normalized spacial score (nSPS) is 11.1. The van der Waals surface area contributed by atoms with Gasteiger partial charge in [-0.05, 0) is 47.7 Å². The van der Waals surface area contributed by atoms with Crippen LogP contribution in [0.25, 0.3) is 0 Å². The highest BCUT2D eigenvalue weighted by atomic mass is 32.1. The molecular weight excluding hydrogens is 468 g/mol. The molecule has 0 saturated heterocycles. The van der Waals surface area contributed by atoms with E-state index in [1.165, 1.54) is 94.8 Å². The van der Waals surface area contributed by atoms with Gasteiger partial charge in [0.15, 0.2) is 0 Å². The van der Waals surface area contributed by atoms with Crippen molar-refractivity contribution < 1.29 is 14.3 Å². The Morgan fingerprint density at radius 3 is 1.89 bits per heavy atom. The minimum atomic E-state index is -0.363. The highest BCUT2D eigenvalue weighted by Crippen LogP contribution is 2.16. The molecule has 0 atom stereocenters. The number of thiophene rings is 1. The van der Waals surface area contributed by atoms with Crippen LogP contribution in [0.1, 0.15) is 125 Å². The maximum Gasteiger partial charge on any atom is 0.353 e. The summed E-state index contributed by atoms with van der Waals surface area (Å²) in [5, 5.41) is 5.87. The topological polar surface area (TPSA) is 67.8 Å². The molecule has 1 amide bonds. The standard InChI is InChI=1S/C30H44N2O3S/c1-2-3-4-5-6-7-8-9-10-11-12-13-14-15-16-19-29(33)32-31-25-26-20-22-27(23-21-26)35-30(34)28-18-17-24-36-28/h17-18,20-25H,2-16,19H2,1H3,(H,32,33). The van der Waals surface area contributed by atoms with Crippen molar-refractivity contribution in [2.45, 2.75) is 110 Å². The second-order valence-corrected chi connectivity index (χ2v) is 10.4. The summed E-state index contributed by atoms with van der Waals surface area (Å²) in [6.45, 7) is 2.27. The minimum absolute atomic E-state index is 0.0533. The lowest BCUT2D eigenvalue weighted by Gasteiger charge is -2.04. The molecule has 0 aliphatic heterocycles. The Kier molecular flexibility index (Phi) is 16.3. The number of nitrogens with one attached hydrogen (secondary N) is 1. The molecule has 2 rings (SSSR count). The van der Waals surface area contributed by atoms with Crippen molar-refractivity contribution >= 4 is 29.4 Å². The zero-order valence-electron chi connectivity index (χ0n) is 22.0. The third-order valence-electron chi connectivity index (χ3n) is 6.22. The Balaban J connectivity index is 1.42. The second kappa shape index (κ2) is 19.7. The van der Waals surface area contributed by atoms with E-state index in [0.717, 1.165) is 18.4 Å². The van der Waals surface area contributed by atoms with Crippen LogP contribution < -0.4 is 10.2 Å². The Morgan fingerprint density at radius 1 is 0.806 bits per heavy atom. The highest BCUT2D eigenvalue weighted by Gasteiger charge is 2.09. The van der Waals surface area contributed by atoms with Gasteiger partial charge in [-0.1, -0.05) is 103 Å². The number of hydrazone groups is 1. The van der Waals surface area contributed by atoms with Crippen molar-refractivity contribution in [2.24, 2.45) is 5.10 Å². The van der Waals surface area contributed by atoms with E-state index in [0.29, 0.717) is 17.0 Å². The quantitative estimate of drug-likeness (QED) is 0.0634. The lowest BCUT2D eigenvalue weighted by atomic mass is 10.0. The molecule has 0 saturated carbocycles. The van der Waals surface area contributed by atoms with Crippen molar-refractivity contribution in [3.8, 4) is 5.75 Å². The molecule has 0 bridgehead atoms. The Morgan fingerprint density at radius 2 is 1.36 bits per heavy atom. The first kappa shape index (κ1) is 29.8. The number of nitrogens with zero attached hydrogens (tertiary/aromatic N) is 1. The predicted octanol–water partition coefficient (Wildman–Crippen LogP) is 8.68. The molecule has 0 aliphatic rings. The highest BCUT2D eigenvalue weighted by molar-refractivity contribution is 7.12. The predicted molar refractivity (Wildman–Crippen MR) is 151 cm³/mol. The summed E-state index contributed by atoms with van der Waals surface area (Å²) in [4.78, 5) is 24.5. The summed E-state index contributed by atoms with van der Waals surface area (Å²) in [7, 11) is 0. The van der Waals surface area contributed by atoms with Gasteiger partial charge in [0, 0.05) is 6.42 Å². The minimum Gasteiger partial charge on any atom is -0.422 e. The summed E-state index contributed by atoms with van der Waals surface area (Å²) < 4.78 is 5.33. The first-order valence-corrected chi connectivity index (χ1v) is 14.7. The Hall–Kier alpha value is -2.47. The molecule has 0 aliphatic carbocycles. The van der Waals surface area contributed by atoms with Crippen LogP contribution >= 0.6 is 11.3 Å². The van der Waals surface area contributed by atoms with Crippen LogP contribution in [0, 0.1) is 0 Å². The molecule has 198 valence electrons. The fourth-order valence-corrected chi connectivity index (χ4v) is 4.66. The molecule has 0 fully saturated rings. The number of unbranched alkanes of at least 4 members (excludes halogenated alkanes) is 14. The van der Waals surface area contributed by atoms with Gasteiger partial charge in [0.25, 0.3) is 0 Å². The number of carbonyl (C=O) groups excluding carboxylic acids is 2. The molecule has 36 heavy (non-hydrogen) atoms. The molecule has 0 unspecified atom stereocenters. The van der Waals surface area contributed by atoms with E-state index in [-0.39, 0.29) is 11.9 Å². The summed E-state index contributed by atoms with van der Waals surface area (Å²) >= 11 is 1.35. The Bertz CT molecular complexity index is 863. The van der Waals surface area contributed by atoms with E-state index in [1.54, 1.807) is 36.5 Å². The van der Waals surface area contributed by atoms with E-state index in [2.05, 4.69) is 17.5 Å². The van der Waals surface area contributed by atoms with Crippen LogP contribution in [-0.2, 0) is 4.79 Å². The number of esters is 1. The summed E-state index contributed by atoms with van der Waals surface area (Å²) in [5.41, 5.74) is 3.41. The van der Waals surface area contributed by atoms with Crippen LogP contribution in [0.3, 0.4) is 0 Å². The van der Waals surface area contributed by atoms with Crippen LogP contribution in [0.15, 0.2) is 46.9 Å². The van der Waals surface area contributed by atoms with Crippen molar-refractivity contribution in [1.29, 1.82) is 0 Å². The van der Waals surface area contributed by atoms with Crippen LogP contribution in [0.4, 0.5) is 0 Å². The van der Waals surface area contributed by atoms with E-state index in [9.17, 15) is 9.59 Å². The fourth-order valence-electron chi connectivity index (χ4n) is 4.07. The van der Waals surface area contributed by atoms with Crippen LogP contribution in [0.5, 0.6) is 5.75 Å². The number of hydrogen-bond acceptors (Lipinski definition) is 5. The van der Waals surface area contributed by atoms with Gasteiger partial charge in [0.1, 0.15) is 10.6 Å². The van der Waals surface area contributed by atoms with Crippen LogP contribution in [-0.4, -0.2) is 18.1 Å². The summed E-state index contributed by atoms with van der Waals surface area (Å²) in [6, 6.07) is 10.6. The van der Waals surface area contributed by atoms with Crippen molar-refractivity contribution in [3.63, 3.8) is 0 Å². The maximum atomic E-state index is 12.0. The molecular formula is C30H44N2O3S. The van der Waals surface area contributed by atoms with Gasteiger partial charge in [-0.15, -0.1) is 11.3 Å². The smallest absolute Gasteiger partial charge is 0.353 e. The molecule has 0 radical (unpaired) electrons. The third-order valence-corrected chi connectivity index (χ3v) is 7.07. The number of amides is 1. The molecule has 5 nitrogen and oxygen atoms in total. The van der Waals surface area contributed by atoms with E-state index < -0.39 is 0 Å². The third kappa shape index (κ3) is 14.2. The van der Waals surface area contributed by atoms with Gasteiger partial charge in [0.05, 0.1) is 6.21 Å². The van der Waals surface area contributed by atoms with Crippen molar-refractivity contribution in [1.82, 2.24) is 5.43 Å². The van der Waals surface area contributed by atoms with Gasteiger partial charge in [0.2, 0.25) is 5.91 Å². The Labute approximate surface area is 221 Å². The first-order valence-electron chi connectivity index (χ1n) is 13.9. The fraction of sp³-hybridized carbons (Fsp3) is 0.567. The lowest BCUT2D eigenvalue weighted by molar-refractivity contribution is -0.121. The molecule has 2 aromatic rings. The molecule has 6 heteroatoms. The number of ether oxygens (including phenoxy) is 1. The monoisotopic (exact) mass is 512 g/mol. The number of benzene rings is 1. The van der Waals surface area contributed by atoms with Gasteiger partial charge in [-0.25, -0.2) is 10.2 Å². The maximum absolute atomic E-state index is 12.0. The largest absolute Gasteiger partial charge is 0.422 e. The second-order valence-electron chi connectivity index (χ2n) is 9.43. The molecule has 1 aromatic carbocycles. The number of rotatable bonds is 20. The molecule has 1 heterocycles. The van der Waals surface area contributed by atoms with Crippen molar-refractivity contribution in [3.05, 3.63) is 52.2 Å². The molecule has 0 spiro atoms. The SMILES string of the molecule is CCCCCCCCCCCCCCCCCC(=O)NN=Cc1ccc(OC(=O)c2cccs2)cc1.